The lowest BCUT2D eigenvalue weighted by Gasteiger charge is -2.10. The van der Waals surface area contributed by atoms with Gasteiger partial charge in [-0.2, -0.15) is 0 Å². The van der Waals surface area contributed by atoms with Crippen LogP contribution in [0.2, 0.25) is 5.15 Å². The van der Waals surface area contributed by atoms with Crippen LogP contribution in [0.1, 0.15) is 26.7 Å². The van der Waals surface area contributed by atoms with Crippen molar-refractivity contribution in [2.24, 2.45) is 0 Å². The summed E-state index contributed by atoms with van der Waals surface area (Å²) >= 11 is 7.25. The SMILES string of the molecule is CCCCS[C@H](C)C(=O)Nc1ccc(Cl)nn1. The zero-order valence-corrected chi connectivity index (χ0v) is 11.5. The van der Waals surface area contributed by atoms with Gasteiger partial charge in [-0.25, -0.2) is 0 Å². The number of halogens is 1. The zero-order valence-electron chi connectivity index (χ0n) is 9.94. The summed E-state index contributed by atoms with van der Waals surface area (Å²) in [7, 11) is 0. The lowest BCUT2D eigenvalue weighted by molar-refractivity contribution is -0.115. The normalized spacial score (nSPS) is 12.2. The number of hydrogen-bond donors (Lipinski definition) is 1. The smallest absolute Gasteiger partial charge is 0.238 e. The molecule has 0 aromatic carbocycles. The van der Waals surface area contributed by atoms with Gasteiger partial charge < -0.3 is 5.32 Å². The second-order valence-corrected chi connectivity index (χ2v) is 5.43. The largest absolute Gasteiger partial charge is 0.308 e. The molecule has 1 aromatic rings. The second-order valence-electron chi connectivity index (χ2n) is 3.60. The maximum Gasteiger partial charge on any atom is 0.238 e. The average Bonchev–Trinajstić information content (AvgIpc) is 2.32. The summed E-state index contributed by atoms with van der Waals surface area (Å²) in [6.45, 7) is 4.02. The van der Waals surface area contributed by atoms with Crippen molar-refractivity contribution in [3.05, 3.63) is 17.3 Å². The number of nitrogens with one attached hydrogen (secondary N) is 1. The number of hydrogen-bond acceptors (Lipinski definition) is 4. The molecule has 1 heterocycles. The molecule has 0 radical (unpaired) electrons. The molecule has 0 saturated heterocycles. The van der Waals surface area contributed by atoms with Gasteiger partial charge in [-0.1, -0.05) is 24.9 Å². The molecule has 1 rings (SSSR count). The van der Waals surface area contributed by atoms with Crippen LogP contribution in [-0.2, 0) is 4.79 Å². The fraction of sp³-hybridized carbons (Fsp3) is 0.545. The van der Waals surface area contributed by atoms with Gasteiger partial charge in [0.1, 0.15) is 0 Å². The van der Waals surface area contributed by atoms with Crippen molar-refractivity contribution in [2.75, 3.05) is 11.1 Å². The topological polar surface area (TPSA) is 54.9 Å². The first-order chi connectivity index (χ1) is 8.13. The van der Waals surface area contributed by atoms with E-state index in [0.29, 0.717) is 11.0 Å². The highest BCUT2D eigenvalue weighted by molar-refractivity contribution is 8.00. The van der Waals surface area contributed by atoms with Crippen molar-refractivity contribution in [3.63, 3.8) is 0 Å². The molecule has 0 spiro atoms. The van der Waals surface area contributed by atoms with Gasteiger partial charge >= 0.3 is 0 Å². The van der Waals surface area contributed by atoms with Crippen LogP contribution in [0.4, 0.5) is 5.82 Å². The van der Waals surface area contributed by atoms with E-state index in [0.717, 1.165) is 18.6 Å². The molecule has 94 valence electrons. The number of unbranched alkanes of at least 4 members (excludes halogenated alkanes) is 1. The number of thioether (sulfide) groups is 1. The van der Waals surface area contributed by atoms with Gasteiger partial charge in [0, 0.05) is 0 Å². The Hall–Kier alpha value is -0.810. The monoisotopic (exact) mass is 273 g/mol. The van der Waals surface area contributed by atoms with Gasteiger partial charge in [-0.05, 0) is 31.2 Å². The number of carbonyl (C=O) groups excluding carboxylic acids is 1. The summed E-state index contributed by atoms with van der Waals surface area (Å²) in [4.78, 5) is 11.8. The number of nitrogens with zero attached hydrogens (tertiary/aromatic N) is 2. The lowest BCUT2D eigenvalue weighted by Crippen LogP contribution is -2.23. The summed E-state index contributed by atoms with van der Waals surface area (Å²) in [5.41, 5.74) is 0. The number of amides is 1. The average molecular weight is 274 g/mol. The zero-order chi connectivity index (χ0) is 12.7. The Kier molecular flexibility index (Phi) is 6.29. The number of rotatable bonds is 6. The molecule has 0 saturated carbocycles. The van der Waals surface area contributed by atoms with Crippen LogP contribution in [0.15, 0.2) is 12.1 Å². The molecule has 0 unspecified atom stereocenters. The van der Waals surface area contributed by atoms with Crippen LogP contribution in [0.25, 0.3) is 0 Å². The van der Waals surface area contributed by atoms with Crippen LogP contribution in [0.3, 0.4) is 0 Å². The standard InChI is InChI=1S/C11H16ClN3OS/c1-3-4-7-17-8(2)11(16)13-10-6-5-9(12)14-15-10/h5-6,8H,3-4,7H2,1-2H3,(H,13,15,16)/t8-/m1/s1. The Bertz CT molecular complexity index is 358. The first-order valence-corrected chi connectivity index (χ1v) is 6.98. The van der Waals surface area contributed by atoms with Gasteiger partial charge in [0.25, 0.3) is 0 Å². The van der Waals surface area contributed by atoms with Gasteiger partial charge in [0.15, 0.2) is 11.0 Å². The Morgan fingerprint density at radius 3 is 2.88 bits per heavy atom. The molecule has 0 aliphatic carbocycles. The third kappa shape index (κ3) is 5.37. The Morgan fingerprint density at radius 1 is 1.53 bits per heavy atom. The van der Waals surface area contributed by atoms with E-state index in [1.54, 1.807) is 23.9 Å². The number of aromatic nitrogens is 2. The molecule has 0 bridgehead atoms. The summed E-state index contributed by atoms with van der Waals surface area (Å²) in [6.07, 6.45) is 2.27. The summed E-state index contributed by atoms with van der Waals surface area (Å²) in [5.74, 6) is 1.38. The van der Waals surface area contributed by atoms with Crippen LogP contribution in [-0.4, -0.2) is 27.1 Å². The van der Waals surface area contributed by atoms with Crippen molar-refractivity contribution < 1.29 is 4.79 Å². The second kappa shape index (κ2) is 7.50. The van der Waals surface area contributed by atoms with Crippen molar-refractivity contribution in [1.82, 2.24) is 10.2 Å². The van der Waals surface area contributed by atoms with Crippen LogP contribution < -0.4 is 5.32 Å². The molecule has 1 N–H and O–H groups in total. The Morgan fingerprint density at radius 2 is 2.29 bits per heavy atom. The van der Waals surface area contributed by atoms with E-state index < -0.39 is 0 Å². The maximum atomic E-state index is 11.8. The highest BCUT2D eigenvalue weighted by Gasteiger charge is 2.13. The minimum atomic E-state index is -0.0842. The molecule has 1 aromatic heterocycles. The van der Waals surface area contributed by atoms with Crippen LogP contribution >= 0.6 is 23.4 Å². The van der Waals surface area contributed by atoms with Crippen LogP contribution in [0.5, 0.6) is 0 Å². The van der Waals surface area contributed by atoms with E-state index in [1.165, 1.54) is 0 Å². The van der Waals surface area contributed by atoms with Crippen LogP contribution in [0, 0.1) is 0 Å². The van der Waals surface area contributed by atoms with Crippen molar-refractivity contribution in [1.29, 1.82) is 0 Å². The number of anilines is 1. The Balaban J connectivity index is 2.40. The van der Waals surface area contributed by atoms with E-state index >= 15 is 0 Å². The minimum Gasteiger partial charge on any atom is -0.308 e. The molecule has 1 amide bonds. The number of carbonyl (C=O) groups is 1. The third-order valence-corrected chi connectivity index (χ3v) is 3.56. The van der Waals surface area contributed by atoms with E-state index in [9.17, 15) is 4.79 Å². The first-order valence-electron chi connectivity index (χ1n) is 5.55. The van der Waals surface area contributed by atoms with E-state index in [2.05, 4.69) is 22.4 Å². The van der Waals surface area contributed by atoms with E-state index in [4.69, 9.17) is 11.6 Å². The summed E-state index contributed by atoms with van der Waals surface area (Å²) in [6, 6.07) is 3.23. The molecular weight excluding hydrogens is 258 g/mol. The Labute approximate surface area is 111 Å². The molecular formula is C11H16ClN3OS. The summed E-state index contributed by atoms with van der Waals surface area (Å²) in [5, 5.41) is 10.4. The first kappa shape index (κ1) is 14.3. The fourth-order valence-corrected chi connectivity index (χ4v) is 2.21. The predicted octanol–water partition coefficient (Wildman–Crippen LogP) is 2.99. The van der Waals surface area contributed by atoms with Crippen molar-refractivity contribution in [2.45, 2.75) is 31.9 Å². The maximum absolute atomic E-state index is 11.8. The molecule has 1 atom stereocenters. The lowest BCUT2D eigenvalue weighted by atomic mass is 10.4. The minimum absolute atomic E-state index is 0.0530. The highest BCUT2D eigenvalue weighted by atomic mass is 35.5. The van der Waals surface area contributed by atoms with Gasteiger partial charge in [0.2, 0.25) is 5.91 Å². The van der Waals surface area contributed by atoms with Crippen molar-refractivity contribution in [3.8, 4) is 0 Å². The van der Waals surface area contributed by atoms with Gasteiger partial charge in [-0.15, -0.1) is 22.0 Å². The van der Waals surface area contributed by atoms with Gasteiger partial charge in [0.05, 0.1) is 5.25 Å². The fourth-order valence-electron chi connectivity index (χ4n) is 1.09. The van der Waals surface area contributed by atoms with E-state index in [1.807, 2.05) is 6.92 Å². The molecule has 0 aliphatic rings. The quantitative estimate of drug-likeness (QED) is 0.810. The predicted molar refractivity (Wildman–Crippen MR) is 72.5 cm³/mol. The van der Waals surface area contributed by atoms with E-state index in [-0.39, 0.29) is 11.2 Å². The summed E-state index contributed by atoms with van der Waals surface area (Å²) < 4.78 is 0. The molecule has 0 fully saturated rings. The molecule has 6 heteroatoms. The third-order valence-electron chi connectivity index (χ3n) is 2.12. The molecule has 17 heavy (non-hydrogen) atoms. The van der Waals surface area contributed by atoms with Crippen molar-refractivity contribution >= 4 is 35.1 Å². The highest BCUT2D eigenvalue weighted by Crippen LogP contribution is 2.15. The van der Waals surface area contributed by atoms with Gasteiger partial charge in [-0.3, -0.25) is 4.79 Å². The molecule has 4 nitrogen and oxygen atoms in total. The molecule has 0 aliphatic heterocycles.